The smallest absolute Gasteiger partial charge is 0.325 e. The van der Waals surface area contributed by atoms with E-state index in [9.17, 15) is 4.79 Å². The van der Waals surface area contributed by atoms with Crippen LogP contribution in [-0.4, -0.2) is 51.8 Å². The molecule has 9 heteroatoms. The Morgan fingerprint density at radius 3 is 2.62 bits per heavy atom. The maximum absolute atomic E-state index is 12.7. The number of carbonyl (C=O) groups excluding carboxylic acids is 1. The molecule has 1 aromatic carbocycles. The molecule has 0 aliphatic carbocycles. The number of fused-ring (bicyclic) bond motifs is 1. The summed E-state index contributed by atoms with van der Waals surface area (Å²) in [6.07, 6.45) is 0.287. The molecule has 0 bridgehead atoms. The first-order valence-electron chi connectivity index (χ1n) is 9.46. The highest BCUT2D eigenvalue weighted by Gasteiger charge is 2.47. The molecule has 3 atom stereocenters. The Balaban J connectivity index is 1.85. The minimum Gasteiger partial charge on any atom is -0.497 e. The zero-order valence-electron chi connectivity index (χ0n) is 17.1. The lowest BCUT2D eigenvalue weighted by Gasteiger charge is -2.27. The van der Waals surface area contributed by atoms with Crippen molar-refractivity contribution in [3.05, 3.63) is 23.4 Å². The quantitative estimate of drug-likeness (QED) is 0.507. The second-order valence-corrected chi connectivity index (χ2v) is 8.76. The number of rotatable bonds is 5. The van der Waals surface area contributed by atoms with Crippen LogP contribution in [0, 0.1) is 5.92 Å². The maximum Gasteiger partial charge on any atom is 0.325 e. The molecule has 0 unspecified atom stereocenters. The van der Waals surface area contributed by atoms with Crippen molar-refractivity contribution in [2.24, 2.45) is 5.92 Å². The van der Waals surface area contributed by atoms with E-state index in [2.05, 4.69) is 9.97 Å². The number of methoxy groups -OCH3 is 1. The van der Waals surface area contributed by atoms with E-state index < -0.39 is 11.6 Å². The molecule has 7 nitrogen and oxygen atoms in total. The van der Waals surface area contributed by atoms with Crippen molar-refractivity contribution < 1.29 is 19.0 Å². The van der Waals surface area contributed by atoms with Gasteiger partial charge in [0.2, 0.25) is 0 Å². The molecule has 0 spiro atoms. The number of carbonyl (C=O) groups is 1. The molecule has 0 saturated carbocycles. The lowest BCUT2D eigenvalue weighted by atomic mass is 9.95. The van der Waals surface area contributed by atoms with Crippen molar-refractivity contribution in [3.8, 4) is 11.6 Å². The van der Waals surface area contributed by atoms with E-state index >= 15 is 0 Å². The van der Waals surface area contributed by atoms with Gasteiger partial charge in [-0.3, -0.25) is 4.79 Å². The summed E-state index contributed by atoms with van der Waals surface area (Å²) < 4.78 is 18.3. The third-order valence-electron chi connectivity index (χ3n) is 4.72. The van der Waals surface area contributed by atoms with Crippen molar-refractivity contribution in [2.45, 2.75) is 51.9 Å². The van der Waals surface area contributed by atoms with Crippen molar-refractivity contribution >= 4 is 40.4 Å². The van der Waals surface area contributed by atoms with Gasteiger partial charge in [-0.25, -0.2) is 14.4 Å². The lowest BCUT2D eigenvalue weighted by molar-refractivity contribution is -0.160. The second-order valence-electron chi connectivity index (χ2n) is 7.96. The summed E-state index contributed by atoms with van der Waals surface area (Å²) in [5, 5.41) is 0.152. The average Bonchev–Trinajstić information content (AvgIpc) is 2.95. The van der Waals surface area contributed by atoms with Crippen LogP contribution in [0.5, 0.6) is 11.6 Å². The summed E-state index contributed by atoms with van der Waals surface area (Å²) in [6, 6.07) is 4.71. The minimum absolute atomic E-state index is 0.152. The first-order valence-corrected chi connectivity index (χ1v) is 10.2. The van der Waals surface area contributed by atoms with Crippen LogP contribution in [0.25, 0.3) is 11.0 Å². The van der Waals surface area contributed by atoms with Crippen LogP contribution in [0.15, 0.2) is 18.2 Å². The first-order chi connectivity index (χ1) is 13.6. The van der Waals surface area contributed by atoms with E-state index in [1.165, 1.54) is 4.42 Å². The summed E-state index contributed by atoms with van der Waals surface area (Å²) in [7, 11) is 1.58. The van der Waals surface area contributed by atoms with Crippen molar-refractivity contribution in [1.29, 1.82) is 0 Å². The van der Waals surface area contributed by atoms with Crippen LogP contribution in [0.1, 0.15) is 34.1 Å². The Bertz CT molecular complexity index is 903. The second kappa shape index (κ2) is 8.50. The predicted molar refractivity (Wildman–Crippen MR) is 111 cm³/mol. The molecule has 1 aliphatic heterocycles. The number of nitrogens with zero attached hydrogens (tertiary/aromatic N) is 3. The summed E-state index contributed by atoms with van der Waals surface area (Å²) in [5.41, 5.74) is 0.631. The Kier molecular flexibility index (Phi) is 6.41. The molecule has 3 rings (SSSR count). The molecule has 1 saturated heterocycles. The Labute approximate surface area is 180 Å². The molecule has 0 amide bonds. The van der Waals surface area contributed by atoms with Gasteiger partial charge in [-0.05, 0) is 51.1 Å². The summed E-state index contributed by atoms with van der Waals surface area (Å²) >= 11 is 12.7. The van der Waals surface area contributed by atoms with E-state index in [-0.39, 0.29) is 29.0 Å². The predicted octanol–water partition coefficient (Wildman–Crippen LogP) is 4.25. The fourth-order valence-corrected chi connectivity index (χ4v) is 3.97. The topological polar surface area (TPSA) is 73.8 Å². The fourth-order valence-electron chi connectivity index (χ4n) is 3.44. The van der Waals surface area contributed by atoms with Gasteiger partial charge in [0, 0.05) is 12.0 Å². The first kappa shape index (κ1) is 21.9. The third kappa shape index (κ3) is 4.85. The van der Waals surface area contributed by atoms with Crippen molar-refractivity contribution in [3.63, 3.8) is 0 Å². The third-order valence-corrected chi connectivity index (χ3v) is 5.32. The van der Waals surface area contributed by atoms with Crippen LogP contribution in [0.3, 0.4) is 0 Å². The van der Waals surface area contributed by atoms with Gasteiger partial charge < -0.3 is 14.2 Å². The lowest BCUT2D eigenvalue weighted by Crippen LogP contribution is -2.40. The van der Waals surface area contributed by atoms with E-state index in [1.54, 1.807) is 25.3 Å². The maximum atomic E-state index is 12.7. The number of benzene rings is 1. The largest absolute Gasteiger partial charge is 0.497 e. The molecular weight excluding hydrogens is 417 g/mol. The van der Waals surface area contributed by atoms with Gasteiger partial charge >= 0.3 is 5.97 Å². The molecule has 2 aromatic rings. The molecule has 2 heterocycles. The summed E-state index contributed by atoms with van der Waals surface area (Å²) in [5.74, 6) is 0.308. The van der Waals surface area contributed by atoms with Crippen LogP contribution in [-0.2, 0) is 9.53 Å². The number of ether oxygens (including phenoxy) is 3. The molecule has 1 fully saturated rings. The van der Waals surface area contributed by atoms with E-state index in [0.29, 0.717) is 29.7 Å². The zero-order valence-corrected chi connectivity index (χ0v) is 18.6. The minimum atomic E-state index is -0.613. The summed E-state index contributed by atoms with van der Waals surface area (Å²) in [6.45, 7) is 7.79. The highest BCUT2D eigenvalue weighted by Crippen LogP contribution is 2.35. The number of halogens is 2. The molecule has 1 aromatic heterocycles. The summed E-state index contributed by atoms with van der Waals surface area (Å²) in [4.78, 5) is 21.5. The van der Waals surface area contributed by atoms with Gasteiger partial charge in [-0.1, -0.05) is 18.5 Å². The van der Waals surface area contributed by atoms with E-state index in [1.807, 2.05) is 27.7 Å². The number of esters is 1. The van der Waals surface area contributed by atoms with Crippen molar-refractivity contribution in [1.82, 2.24) is 14.4 Å². The highest BCUT2D eigenvalue weighted by atomic mass is 35.5. The number of aromatic nitrogens is 2. The monoisotopic (exact) mass is 441 g/mol. The van der Waals surface area contributed by atoms with Crippen LogP contribution < -0.4 is 9.47 Å². The van der Waals surface area contributed by atoms with E-state index in [0.717, 1.165) is 0 Å². The molecular formula is C20H25Cl2N3O4. The molecule has 0 N–H and O–H groups in total. The zero-order chi connectivity index (χ0) is 21.3. The van der Waals surface area contributed by atoms with Crippen LogP contribution >= 0.6 is 23.4 Å². The standard InChI is InChI=1S/C20H25Cl2N3O4/c1-6-12-15(10-25(22)16(12)19(26)29-20(2,3)4)28-18-17(21)23-13-8-7-11(27-5)9-14(13)24-18/h7-9,12,15-16H,6,10H2,1-5H3/t12-,15+,16+/m1/s1. The molecule has 158 valence electrons. The van der Waals surface area contributed by atoms with Crippen molar-refractivity contribution in [2.75, 3.05) is 13.7 Å². The van der Waals surface area contributed by atoms with Gasteiger partial charge in [0.25, 0.3) is 5.88 Å². The fraction of sp³-hybridized carbons (Fsp3) is 0.550. The highest BCUT2D eigenvalue weighted by molar-refractivity contribution is 6.31. The van der Waals surface area contributed by atoms with Gasteiger partial charge in [-0.2, -0.15) is 0 Å². The number of hydrogen-bond donors (Lipinski definition) is 0. The molecule has 0 radical (unpaired) electrons. The van der Waals surface area contributed by atoms with Gasteiger partial charge in [0.1, 0.15) is 23.5 Å². The van der Waals surface area contributed by atoms with E-state index in [4.69, 9.17) is 37.6 Å². The van der Waals surface area contributed by atoms with Gasteiger partial charge in [0.15, 0.2) is 5.15 Å². The van der Waals surface area contributed by atoms with Gasteiger partial charge in [0.05, 0.1) is 24.7 Å². The van der Waals surface area contributed by atoms with Crippen LogP contribution in [0.4, 0.5) is 0 Å². The SMILES string of the molecule is CC[C@@H]1[C@@H](Oc2nc3cc(OC)ccc3nc2Cl)CN(Cl)[C@@H]1C(=O)OC(C)(C)C. The normalized spacial score (nSPS) is 22.7. The average molecular weight is 442 g/mol. The Morgan fingerprint density at radius 1 is 1.28 bits per heavy atom. The molecule has 29 heavy (non-hydrogen) atoms. The van der Waals surface area contributed by atoms with Gasteiger partial charge in [-0.15, -0.1) is 0 Å². The number of hydrogen-bond acceptors (Lipinski definition) is 7. The molecule has 1 aliphatic rings. The Morgan fingerprint density at radius 2 is 2.00 bits per heavy atom. The van der Waals surface area contributed by atoms with Crippen LogP contribution in [0.2, 0.25) is 5.15 Å². The Hall–Kier alpha value is -1.83.